The van der Waals surface area contributed by atoms with Gasteiger partial charge < -0.3 is 9.73 Å². The van der Waals surface area contributed by atoms with Crippen LogP contribution in [-0.4, -0.2) is 15.5 Å². The minimum absolute atomic E-state index is 0.0617. The summed E-state index contributed by atoms with van der Waals surface area (Å²) in [6, 6.07) is 4.98. The van der Waals surface area contributed by atoms with E-state index >= 15 is 0 Å². The number of sulfonamides is 1. The highest BCUT2D eigenvalue weighted by Gasteiger charge is 2.18. The van der Waals surface area contributed by atoms with Crippen molar-refractivity contribution >= 4 is 37.3 Å². The Labute approximate surface area is 124 Å². The fraction of sp³-hybridized carbons (Fsp3) is 0.273. The summed E-state index contributed by atoms with van der Waals surface area (Å²) >= 11 is 4.81. The third-order valence-corrected chi connectivity index (χ3v) is 5.28. The molecule has 19 heavy (non-hydrogen) atoms. The van der Waals surface area contributed by atoms with Gasteiger partial charge in [-0.3, -0.25) is 0 Å². The van der Waals surface area contributed by atoms with Crippen LogP contribution in [0.4, 0.5) is 0 Å². The molecule has 0 saturated carbocycles. The van der Waals surface area contributed by atoms with Gasteiger partial charge in [0.25, 0.3) is 10.0 Å². The Hall–Kier alpha value is -0.670. The van der Waals surface area contributed by atoms with E-state index in [1.165, 1.54) is 17.4 Å². The first-order chi connectivity index (χ1) is 9.01. The first-order valence-electron chi connectivity index (χ1n) is 5.47. The molecule has 0 radical (unpaired) electrons. The number of furan rings is 1. The summed E-state index contributed by atoms with van der Waals surface area (Å²) < 4.78 is 32.7. The minimum Gasteiger partial charge on any atom is -0.447 e. The predicted octanol–water partition coefficient (Wildman–Crippen LogP) is 2.30. The molecule has 0 amide bonds. The van der Waals surface area contributed by atoms with E-state index in [0.29, 0.717) is 12.3 Å². The van der Waals surface area contributed by atoms with Gasteiger partial charge in [0.1, 0.15) is 5.76 Å². The second kappa shape index (κ2) is 6.19. The third-order valence-electron chi connectivity index (χ3n) is 2.31. The zero-order valence-electron chi connectivity index (χ0n) is 10.1. The van der Waals surface area contributed by atoms with Gasteiger partial charge in [-0.15, -0.1) is 11.3 Å². The summed E-state index contributed by atoms with van der Waals surface area (Å²) in [5.74, 6) is 0.585. The van der Waals surface area contributed by atoms with E-state index < -0.39 is 10.0 Å². The van der Waals surface area contributed by atoms with Gasteiger partial charge >= 0.3 is 0 Å². The first kappa shape index (κ1) is 14.7. The van der Waals surface area contributed by atoms with Gasteiger partial charge in [-0.2, -0.15) is 0 Å². The molecule has 0 atom stereocenters. The van der Waals surface area contributed by atoms with Gasteiger partial charge in [0.2, 0.25) is 5.09 Å². The van der Waals surface area contributed by atoms with Crippen molar-refractivity contribution < 1.29 is 12.8 Å². The molecule has 2 rings (SSSR count). The molecular weight excluding hydrogens is 352 g/mol. The number of hydrogen-bond donors (Lipinski definition) is 2. The lowest BCUT2D eigenvalue weighted by atomic mass is 10.4. The molecule has 0 aliphatic carbocycles. The summed E-state index contributed by atoms with van der Waals surface area (Å²) in [5.41, 5.74) is 0. The van der Waals surface area contributed by atoms with Crippen LogP contribution in [0.2, 0.25) is 0 Å². The second-order valence-corrected chi connectivity index (χ2v) is 7.42. The standard InChI is InChI=1S/C11H13BrN2O3S2/c1-13-5-9-2-3-11(17-9)19(15,16)14-6-10-4-8(12)7-18-10/h2-4,7,13-14H,5-6H2,1H3. The van der Waals surface area contributed by atoms with E-state index in [0.717, 1.165) is 9.35 Å². The highest BCUT2D eigenvalue weighted by Crippen LogP contribution is 2.20. The zero-order valence-corrected chi connectivity index (χ0v) is 13.4. The number of hydrogen-bond acceptors (Lipinski definition) is 5. The summed E-state index contributed by atoms with van der Waals surface area (Å²) in [6.45, 7) is 0.744. The lowest BCUT2D eigenvalue weighted by Gasteiger charge is -2.02. The molecule has 2 aromatic rings. The molecule has 104 valence electrons. The van der Waals surface area contributed by atoms with Crippen LogP contribution in [0.5, 0.6) is 0 Å². The van der Waals surface area contributed by atoms with E-state index in [2.05, 4.69) is 26.0 Å². The van der Waals surface area contributed by atoms with E-state index in [4.69, 9.17) is 4.42 Å². The first-order valence-corrected chi connectivity index (χ1v) is 8.63. The van der Waals surface area contributed by atoms with Crippen LogP contribution >= 0.6 is 27.3 Å². The Morgan fingerprint density at radius 1 is 1.37 bits per heavy atom. The maximum absolute atomic E-state index is 12.0. The van der Waals surface area contributed by atoms with Crippen molar-refractivity contribution in [3.8, 4) is 0 Å². The Morgan fingerprint density at radius 2 is 2.16 bits per heavy atom. The van der Waals surface area contributed by atoms with Crippen molar-refractivity contribution in [3.63, 3.8) is 0 Å². The van der Waals surface area contributed by atoms with Crippen LogP contribution in [0.25, 0.3) is 0 Å². The summed E-state index contributed by atoms with van der Waals surface area (Å²) in [5, 5.41) is 4.74. The highest BCUT2D eigenvalue weighted by molar-refractivity contribution is 9.10. The molecular formula is C11H13BrN2O3S2. The molecule has 0 fully saturated rings. The molecule has 0 spiro atoms. The fourth-order valence-corrected chi connectivity index (χ4v) is 3.89. The quantitative estimate of drug-likeness (QED) is 0.824. The molecule has 2 N–H and O–H groups in total. The average Bonchev–Trinajstić information content (AvgIpc) is 2.97. The Balaban J connectivity index is 2.04. The summed E-state index contributed by atoms with van der Waals surface area (Å²) in [6.07, 6.45) is 0. The minimum atomic E-state index is -3.60. The number of nitrogens with one attached hydrogen (secondary N) is 2. The van der Waals surface area contributed by atoms with Crippen LogP contribution in [0.15, 0.2) is 37.6 Å². The SMILES string of the molecule is CNCc1ccc(S(=O)(=O)NCc2cc(Br)cs2)o1. The molecule has 0 aliphatic heterocycles. The van der Waals surface area contributed by atoms with E-state index in [1.54, 1.807) is 13.1 Å². The van der Waals surface area contributed by atoms with E-state index in [-0.39, 0.29) is 11.6 Å². The van der Waals surface area contributed by atoms with Crippen LogP contribution in [0.1, 0.15) is 10.6 Å². The van der Waals surface area contributed by atoms with Crippen molar-refractivity contribution in [1.29, 1.82) is 0 Å². The van der Waals surface area contributed by atoms with Crippen LogP contribution in [-0.2, 0) is 23.1 Å². The highest BCUT2D eigenvalue weighted by atomic mass is 79.9. The monoisotopic (exact) mass is 364 g/mol. The maximum Gasteiger partial charge on any atom is 0.274 e. The molecule has 8 heteroatoms. The zero-order chi connectivity index (χ0) is 13.9. The van der Waals surface area contributed by atoms with Crippen molar-refractivity contribution in [1.82, 2.24) is 10.0 Å². The van der Waals surface area contributed by atoms with Gasteiger partial charge in [0, 0.05) is 21.3 Å². The molecule has 0 unspecified atom stereocenters. The Morgan fingerprint density at radius 3 is 2.79 bits per heavy atom. The normalized spacial score (nSPS) is 11.9. The lowest BCUT2D eigenvalue weighted by Crippen LogP contribution is -2.22. The number of thiophene rings is 1. The summed E-state index contributed by atoms with van der Waals surface area (Å²) in [7, 11) is -1.83. The predicted molar refractivity (Wildman–Crippen MR) is 77.5 cm³/mol. The molecule has 2 heterocycles. The number of rotatable bonds is 6. The smallest absolute Gasteiger partial charge is 0.274 e. The van der Waals surface area contributed by atoms with Gasteiger partial charge in [-0.05, 0) is 41.2 Å². The molecule has 5 nitrogen and oxygen atoms in total. The Bertz CT molecular complexity index is 648. The van der Waals surface area contributed by atoms with E-state index in [1.807, 2.05) is 11.4 Å². The van der Waals surface area contributed by atoms with Gasteiger partial charge in [-0.25, -0.2) is 13.1 Å². The lowest BCUT2D eigenvalue weighted by molar-refractivity contribution is 0.404. The van der Waals surface area contributed by atoms with Gasteiger partial charge in [0.05, 0.1) is 6.54 Å². The Kier molecular flexibility index (Phi) is 4.80. The van der Waals surface area contributed by atoms with Gasteiger partial charge in [0.15, 0.2) is 0 Å². The van der Waals surface area contributed by atoms with Crippen LogP contribution in [0.3, 0.4) is 0 Å². The van der Waals surface area contributed by atoms with Crippen molar-refractivity contribution in [2.45, 2.75) is 18.2 Å². The average molecular weight is 365 g/mol. The van der Waals surface area contributed by atoms with Crippen LogP contribution in [0, 0.1) is 0 Å². The third kappa shape index (κ3) is 3.90. The molecule has 0 saturated heterocycles. The molecule has 0 aromatic carbocycles. The molecule has 0 bridgehead atoms. The number of halogens is 1. The van der Waals surface area contributed by atoms with E-state index in [9.17, 15) is 8.42 Å². The van der Waals surface area contributed by atoms with Crippen molar-refractivity contribution in [2.24, 2.45) is 0 Å². The second-order valence-electron chi connectivity index (χ2n) is 3.81. The largest absolute Gasteiger partial charge is 0.447 e. The van der Waals surface area contributed by atoms with Crippen molar-refractivity contribution in [3.05, 3.63) is 38.7 Å². The van der Waals surface area contributed by atoms with Gasteiger partial charge in [-0.1, -0.05) is 0 Å². The molecule has 0 aliphatic rings. The summed E-state index contributed by atoms with van der Waals surface area (Å²) in [4.78, 5) is 0.928. The van der Waals surface area contributed by atoms with Crippen LogP contribution < -0.4 is 10.0 Å². The topological polar surface area (TPSA) is 71.3 Å². The fourth-order valence-electron chi connectivity index (χ4n) is 1.46. The molecule has 2 aromatic heterocycles. The van der Waals surface area contributed by atoms with Crippen molar-refractivity contribution in [2.75, 3.05) is 7.05 Å². The maximum atomic E-state index is 12.0.